The van der Waals surface area contributed by atoms with Gasteiger partial charge in [-0.1, -0.05) is 12.1 Å². The molecule has 1 fully saturated rings. The van der Waals surface area contributed by atoms with Gasteiger partial charge in [0.25, 0.3) is 0 Å². The second-order valence-corrected chi connectivity index (χ2v) is 8.59. The molecule has 3 heterocycles. The van der Waals surface area contributed by atoms with Crippen molar-refractivity contribution < 1.29 is 18.7 Å². The largest absolute Gasteiger partial charge is 0.466 e. The van der Waals surface area contributed by atoms with E-state index in [1.165, 1.54) is 28.7 Å². The maximum Gasteiger partial charge on any atom is 0.351 e. The van der Waals surface area contributed by atoms with Gasteiger partial charge in [0, 0.05) is 18.8 Å². The number of fused-ring (bicyclic) bond motifs is 3. The SMILES string of the molecule is CCOC(=O)C1CCN(c2nc3ccccc3n3c(=O)n(CC(=O)Nc4ccc(F)cc4)nc23)CC1. The number of esters is 1. The number of ether oxygens (including phenoxy) is 1. The lowest BCUT2D eigenvalue weighted by Crippen LogP contribution is -2.37. The van der Waals surface area contributed by atoms with Gasteiger partial charge in [-0.2, -0.15) is 0 Å². The maximum absolute atomic E-state index is 13.3. The van der Waals surface area contributed by atoms with Crippen molar-refractivity contribution in [2.75, 3.05) is 29.9 Å². The first-order valence-electron chi connectivity index (χ1n) is 11.8. The van der Waals surface area contributed by atoms with Crippen molar-refractivity contribution in [2.24, 2.45) is 5.92 Å². The van der Waals surface area contributed by atoms with Crippen molar-refractivity contribution in [3.8, 4) is 0 Å². The van der Waals surface area contributed by atoms with Crippen molar-refractivity contribution in [3.05, 3.63) is 64.8 Å². The van der Waals surface area contributed by atoms with Crippen LogP contribution in [-0.4, -0.2) is 50.7 Å². The third-order valence-electron chi connectivity index (χ3n) is 6.22. The molecular weight excluding hydrogens is 467 g/mol. The van der Waals surface area contributed by atoms with Crippen LogP contribution in [0.2, 0.25) is 0 Å². The predicted molar refractivity (Wildman–Crippen MR) is 131 cm³/mol. The van der Waals surface area contributed by atoms with Gasteiger partial charge in [0.1, 0.15) is 12.4 Å². The summed E-state index contributed by atoms with van der Waals surface area (Å²) in [5.74, 6) is -0.733. The van der Waals surface area contributed by atoms with Crippen molar-refractivity contribution in [1.29, 1.82) is 0 Å². The summed E-state index contributed by atoms with van der Waals surface area (Å²) in [5.41, 5.74) is 1.47. The second-order valence-electron chi connectivity index (χ2n) is 8.59. The first-order chi connectivity index (χ1) is 17.4. The van der Waals surface area contributed by atoms with Gasteiger partial charge in [0.2, 0.25) is 11.6 Å². The Morgan fingerprint density at radius 2 is 1.83 bits per heavy atom. The fourth-order valence-corrected chi connectivity index (χ4v) is 4.45. The summed E-state index contributed by atoms with van der Waals surface area (Å²) < 4.78 is 20.9. The van der Waals surface area contributed by atoms with Crippen LogP contribution in [0, 0.1) is 11.7 Å². The molecule has 2 aromatic heterocycles. The number of amides is 1. The van der Waals surface area contributed by atoms with Crippen LogP contribution in [0.1, 0.15) is 19.8 Å². The number of aromatic nitrogens is 4. The van der Waals surface area contributed by atoms with Crippen LogP contribution < -0.4 is 15.9 Å². The molecule has 0 saturated carbocycles. The molecule has 10 nitrogen and oxygen atoms in total. The van der Waals surface area contributed by atoms with Crippen LogP contribution in [0.25, 0.3) is 16.7 Å². The molecule has 5 rings (SSSR count). The first-order valence-corrected chi connectivity index (χ1v) is 11.8. The summed E-state index contributed by atoms with van der Waals surface area (Å²) in [7, 11) is 0. The highest BCUT2D eigenvalue weighted by atomic mass is 19.1. The Hall–Kier alpha value is -4.28. The zero-order chi connectivity index (χ0) is 25.2. The maximum atomic E-state index is 13.3. The summed E-state index contributed by atoms with van der Waals surface area (Å²) >= 11 is 0. The molecule has 0 radical (unpaired) electrons. The zero-order valence-corrected chi connectivity index (χ0v) is 19.7. The molecule has 11 heteroatoms. The number of hydrogen-bond acceptors (Lipinski definition) is 7. The number of piperidine rings is 1. The highest BCUT2D eigenvalue weighted by Crippen LogP contribution is 2.27. The molecule has 0 unspecified atom stereocenters. The Kier molecular flexibility index (Phi) is 6.36. The van der Waals surface area contributed by atoms with E-state index in [2.05, 4.69) is 10.4 Å². The molecule has 36 heavy (non-hydrogen) atoms. The summed E-state index contributed by atoms with van der Waals surface area (Å²) in [6.07, 6.45) is 1.20. The van der Waals surface area contributed by atoms with Gasteiger partial charge >= 0.3 is 11.7 Å². The van der Waals surface area contributed by atoms with E-state index in [4.69, 9.17) is 9.72 Å². The number of nitrogens with one attached hydrogen (secondary N) is 1. The molecule has 0 bridgehead atoms. The molecule has 4 aromatic rings. The lowest BCUT2D eigenvalue weighted by Gasteiger charge is -2.31. The van der Waals surface area contributed by atoms with Crippen LogP contribution in [-0.2, 0) is 20.9 Å². The fraction of sp³-hybridized carbons (Fsp3) is 0.320. The van der Waals surface area contributed by atoms with Crippen LogP contribution in [0.3, 0.4) is 0 Å². The number of rotatable bonds is 6. The number of para-hydroxylation sites is 2. The summed E-state index contributed by atoms with van der Waals surface area (Å²) in [6, 6.07) is 12.6. The lowest BCUT2D eigenvalue weighted by molar-refractivity contribution is -0.148. The molecule has 0 aliphatic carbocycles. The number of anilines is 2. The van der Waals surface area contributed by atoms with E-state index in [-0.39, 0.29) is 18.4 Å². The van der Waals surface area contributed by atoms with E-state index in [0.29, 0.717) is 60.7 Å². The minimum Gasteiger partial charge on any atom is -0.466 e. The molecule has 186 valence electrons. The Labute approximate surface area is 205 Å². The minimum absolute atomic E-state index is 0.174. The van der Waals surface area contributed by atoms with Crippen molar-refractivity contribution in [1.82, 2.24) is 19.2 Å². The van der Waals surface area contributed by atoms with E-state index < -0.39 is 17.4 Å². The van der Waals surface area contributed by atoms with E-state index in [1.807, 2.05) is 17.0 Å². The van der Waals surface area contributed by atoms with E-state index in [0.717, 1.165) is 4.68 Å². The van der Waals surface area contributed by atoms with Crippen LogP contribution in [0.5, 0.6) is 0 Å². The van der Waals surface area contributed by atoms with Crippen LogP contribution in [0.4, 0.5) is 15.9 Å². The van der Waals surface area contributed by atoms with Gasteiger partial charge in [-0.15, -0.1) is 5.10 Å². The highest BCUT2D eigenvalue weighted by Gasteiger charge is 2.29. The smallest absolute Gasteiger partial charge is 0.351 e. The topological polar surface area (TPSA) is 111 Å². The van der Waals surface area contributed by atoms with Gasteiger partial charge in [-0.3, -0.25) is 9.59 Å². The van der Waals surface area contributed by atoms with Gasteiger partial charge in [-0.05, 0) is 56.2 Å². The first kappa shape index (κ1) is 23.5. The third-order valence-corrected chi connectivity index (χ3v) is 6.22. The Balaban J connectivity index is 1.47. The predicted octanol–water partition coefficient (Wildman–Crippen LogP) is 2.60. The molecule has 1 saturated heterocycles. The standard InChI is InChI=1S/C25H25FN6O4/c1-2-36-24(34)16-11-13-30(14-12-16)22-23-29-31(15-21(33)27-18-9-7-17(26)8-10-18)25(35)32(23)20-6-4-3-5-19(20)28-22/h3-10,16H,2,11-15H2,1H3,(H,27,33). The van der Waals surface area contributed by atoms with Crippen molar-refractivity contribution in [3.63, 3.8) is 0 Å². The summed E-state index contributed by atoms with van der Waals surface area (Å²) in [6.45, 7) is 2.92. The number of nitrogens with zero attached hydrogens (tertiary/aromatic N) is 5. The lowest BCUT2D eigenvalue weighted by atomic mass is 9.97. The van der Waals surface area contributed by atoms with Gasteiger partial charge in [-0.25, -0.2) is 23.3 Å². The van der Waals surface area contributed by atoms with E-state index >= 15 is 0 Å². The van der Waals surface area contributed by atoms with Gasteiger partial charge in [0.15, 0.2) is 5.82 Å². The van der Waals surface area contributed by atoms with Crippen LogP contribution >= 0.6 is 0 Å². The van der Waals surface area contributed by atoms with Gasteiger partial charge < -0.3 is 15.0 Å². The Bertz CT molecular complexity index is 1490. The number of halogens is 1. The summed E-state index contributed by atoms with van der Waals surface area (Å²) in [4.78, 5) is 44.9. The molecular formula is C25H25FN6O4. The monoisotopic (exact) mass is 492 g/mol. The molecule has 1 amide bonds. The second kappa shape index (κ2) is 9.76. The van der Waals surface area contributed by atoms with Crippen molar-refractivity contribution in [2.45, 2.75) is 26.3 Å². The normalized spacial score (nSPS) is 14.3. The molecule has 1 aliphatic rings. The average Bonchev–Trinajstić information content (AvgIpc) is 3.21. The molecule has 0 atom stereocenters. The zero-order valence-electron chi connectivity index (χ0n) is 19.7. The quantitative estimate of drug-likeness (QED) is 0.412. The Morgan fingerprint density at radius 3 is 2.56 bits per heavy atom. The Morgan fingerprint density at radius 1 is 1.11 bits per heavy atom. The molecule has 0 spiro atoms. The summed E-state index contributed by atoms with van der Waals surface area (Å²) in [5, 5.41) is 7.11. The molecule has 1 aliphatic heterocycles. The van der Waals surface area contributed by atoms with Crippen molar-refractivity contribution >= 4 is 40.1 Å². The molecule has 1 N–H and O–H groups in total. The average molecular weight is 493 g/mol. The van der Waals surface area contributed by atoms with E-state index in [1.54, 1.807) is 19.1 Å². The molecule has 2 aromatic carbocycles. The fourth-order valence-electron chi connectivity index (χ4n) is 4.45. The number of carbonyl (C=O) groups is 2. The third kappa shape index (κ3) is 4.51. The minimum atomic E-state index is -0.472. The highest BCUT2D eigenvalue weighted by molar-refractivity contribution is 5.90. The number of hydrogen-bond donors (Lipinski definition) is 1. The number of carbonyl (C=O) groups excluding carboxylic acids is 2. The van der Waals surface area contributed by atoms with Crippen LogP contribution in [0.15, 0.2) is 53.3 Å². The number of benzene rings is 2. The van der Waals surface area contributed by atoms with Gasteiger partial charge in [0.05, 0.1) is 23.6 Å². The van der Waals surface area contributed by atoms with E-state index in [9.17, 15) is 18.8 Å².